The highest BCUT2D eigenvalue weighted by Crippen LogP contribution is 2.32. The van der Waals surface area contributed by atoms with Crippen LogP contribution in [-0.2, 0) is 4.74 Å². The third kappa shape index (κ3) is 4.76. The molecule has 3 N–H and O–H groups in total. The normalized spacial score (nSPS) is 19.0. The van der Waals surface area contributed by atoms with Crippen LogP contribution in [0.25, 0.3) is 16.6 Å². The van der Waals surface area contributed by atoms with Gasteiger partial charge in [0.05, 0.1) is 16.6 Å². The number of benzene rings is 1. The third-order valence-corrected chi connectivity index (χ3v) is 6.37. The summed E-state index contributed by atoms with van der Waals surface area (Å²) in [7, 11) is 0. The van der Waals surface area contributed by atoms with Crippen LogP contribution < -0.4 is 16.2 Å². The van der Waals surface area contributed by atoms with E-state index in [2.05, 4.69) is 15.6 Å². The number of amides is 1. The summed E-state index contributed by atoms with van der Waals surface area (Å²) in [5, 5.41) is 12.6. The van der Waals surface area contributed by atoms with E-state index in [9.17, 15) is 9.59 Å². The van der Waals surface area contributed by atoms with E-state index in [0.717, 1.165) is 40.8 Å². The predicted octanol–water partition coefficient (Wildman–Crippen LogP) is 4.09. The minimum Gasteiger partial charge on any atom is -0.444 e. The molecule has 1 atom stereocenters. The van der Waals surface area contributed by atoms with Gasteiger partial charge in [-0.1, -0.05) is 12.1 Å². The van der Waals surface area contributed by atoms with Gasteiger partial charge in [0.25, 0.3) is 5.56 Å². The fraction of sp³-hybridized carbons (Fsp3) is 0.423. The van der Waals surface area contributed by atoms with Crippen molar-refractivity contribution in [2.24, 2.45) is 0 Å². The Balaban J connectivity index is 1.45. The number of dihydropyridines is 1. The lowest BCUT2D eigenvalue weighted by Crippen LogP contribution is -2.41. The van der Waals surface area contributed by atoms with Gasteiger partial charge >= 0.3 is 6.09 Å². The summed E-state index contributed by atoms with van der Waals surface area (Å²) < 4.78 is 7.39. The number of anilines is 1. The van der Waals surface area contributed by atoms with Crippen molar-refractivity contribution >= 4 is 28.3 Å². The van der Waals surface area contributed by atoms with Crippen LogP contribution in [0.3, 0.4) is 0 Å². The molecule has 184 valence electrons. The van der Waals surface area contributed by atoms with Gasteiger partial charge in [-0.05, 0) is 64.8 Å². The first-order valence-corrected chi connectivity index (χ1v) is 12.1. The van der Waals surface area contributed by atoms with Crippen molar-refractivity contribution in [2.75, 3.05) is 18.4 Å². The van der Waals surface area contributed by atoms with Crippen LogP contribution in [0.4, 0.5) is 10.5 Å². The Kier molecular flexibility index (Phi) is 5.78. The number of nitrogens with zero attached hydrogens (tertiary/aromatic N) is 3. The minimum absolute atomic E-state index is 0.0624. The standard InChI is InChI=1S/C26H32N6O3/c1-16-7-5-10-21(27-16)28-18-8-6-9-19-23(18)24-29-22(33)15-20(32(24)30-19)17-11-13-31(14-12-17)25(34)35-26(2,3)4/h5-10,15,17,21,27-28H,11-14H2,1-4H3,(H,29,33). The van der Waals surface area contributed by atoms with E-state index in [-0.39, 0.29) is 23.7 Å². The quantitative estimate of drug-likeness (QED) is 0.526. The van der Waals surface area contributed by atoms with Gasteiger partial charge in [-0.3, -0.25) is 4.79 Å². The third-order valence-electron chi connectivity index (χ3n) is 6.37. The SMILES string of the molecule is CC1=CC=CC(Nc2cccc3nn4c(C5CCN(C(=O)OC(C)(C)C)CC5)cc(=O)[nH]c4c23)N1. The molecule has 3 aromatic rings. The van der Waals surface area contributed by atoms with E-state index in [4.69, 9.17) is 9.84 Å². The summed E-state index contributed by atoms with van der Waals surface area (Å²) in [6, 6.07) is 7.55. The molecule has 9 heteroatoms. The summed E-state index contributed by atoms with van der Waals surface area (Å²) in [4.78, 5) is 29.9. The number of carbonyl (C=O) groups excluding carboxylic acids is 1. The number of H-pyrrole nitrogens is 1. The first kappa shape index (κ1) is 23.0. The molecule has 0 spiro atoms. The number of fused-ring (bicyclic) bond motifs is 3. The van der Waals surface area contributed by atoms with Gasteiger partial charge in [0, 0.05) is 36.5 Å². The molecule has 2 aliphatic rings. The molecular weight excluding hydrogens is 444 g/mol. The van der Waals surface area contributed by atoms with E-state index in [1.54, 1.807) is 11.0 Å². The summed E-state index contributed by atoms with van der Waals surface area (Å²) in [5.41, 5.74) is 3.62. The number of rotatable bonds is 3. The van der Waals surface area contributed by atoms with Crippen LogP contribution in [-0.4, -0.2) is 50.4 Å². The first-order chi connectivity index (χ1) is 16.7. The smallest absolute Gasteiger partial charge is 0.410 e. The summed E-state index contributed by atoms with van der Waals surface area (Å²) in [6.45, 7) is 8.78. The van der Waals surface area contributed by atoms with Crippen molar-refractivity contribution in [1.29, 1.82) is 0 Å². The maximum Gasteiger partial charge on any atom is 0.410 e. The predicted molar refractivity (Wildman–Crippen MR) is 137 cm³/mol. The maximum atomic E-state index is 12.7. The van der Waals surface area contributed by atoms with Crippen molar-refractivity contribution < 1.29 is 9.53 Å². The van der Waals surface area contributed by atoms with Gasteiger partial charge in [-0.2, -0.15) is 5.10 Å². The molecule has 1 aromatic carbocycles. The second-order valence-corrected chi connectivity index (χ2v) is 10.3. The van der Waals surface area contributed by atoms with Crippen molar-refractivity contribution in [3.8, 4) is 0 Å². The van der Waals surface area contributed by atoms with Gasteiger partial charge in [0.2, 0.25) is 0 Å². The summed E-state index contributed by atoms with van der Waals surface area (Å²) >= 11 is 0. The van der Waals surface area contributed by atoms with E-state index in [1.165, 1.54) is 0 Å². The van der Waals surface area contributed by atoms with E-state index in [1.807, 2.05) is 68.6 Å². The topological polar surface area (TPSA) is 104 Å². The zero-order valence-electron chi connectivity index (χ0n) is 20.6. The second-order valence-electron chi connectivity index (χ2n) is 10.3. The molecule has 0 saturated carbocycles. The van der Waals surface area contributed by atoms with Crippen LogP contribution in [0.2, 0.25) is 0 Å². The van der Waals surface area contributed by atoms with Crippen LogP contribution >= 0.6 is 0 Å². The lowest BCUT2D eigenvalue weighted by Gasteiger charge is -2.33. The fourth-order valence-corrected chi connectivity index (χ4v) is 4.79. The molecule has 5 rings (SSSR count). The molecule has 9 nitrogen and oxygen atoms in total. The molecule has 35 heavy (non-hydrogen) atoms. The number of aromatic nitrogens is 3. The van der Waals surface area contributed by atoms with E-state index < -0.39 is 5.60 Å². The zero-order chi connectivity index (χ0) is 24.7. The average Bonchev–Trinajstić information content (AvgIpc) is 3.17. The number of ether oxygens (including phenoxy) is 1. The van der Waals surface area contributed by atoms with Crippen molar-refractivity contribution in [2.45, 2.75) is 58.2 Å². The molecule has 2 aliphatic heterocycles. The first-order valence-electron chi connectivity index (χ1n) is 12.1. The Morgan fingerprint density at radius 1 is 1.23 bits per heavy atom. The Labute approximate surface area is 203 Å². The lowest BCUT2D eigenvalue weighted by molar-refractivity contribution is 0.0203. The highest BCUT2D eigenvalue weighted by molar-refractivity contribution is 6.02. The van der Waals surface area contributed by atoms with Gasteiger partial charge in [-0.25, -0.2) is 9.31 Å². The number of aromatic amines is 1. The minimum atomic E-state index is -0.522. The highest BCUT2D eigenvalue weighted by atomic mass is 16.6. The summed E-state index contributed by atoms with van der Waals surface area (Å²) in [5.74, 6) is 0.111. The van der Waals surface area contributed by atoms with Crippen LogP contribution in [0, 0.1) is 0 Å². The Morgan fingerprint density at radius 3 is 2.71 bits per heavy atom. The number of hydrogen-bond acceptors (Lipinski definition) is 6. The molecule has 0 aliphatic carbocycles. The van der Waals surface area contributed by atoms with Gasteiger partial charge < -0.3 is 25.3 Å². The lowest BCUT2D eigenvalue weighted by atomic mass is 9.93. The molecule has 0 bridgehead atoms. The number of carbonyl (C=O) groups is 1. The monoisotopic (exact) mass is 476 g/mol. The second kappa shape index (κ2) is 8.79. The number of hydrogen-bond donors (Lipinski definition) is 3. The molecular formula is C26H32N6O3. The zero-order valence-corrected chi connectivity index (χ0v) is 20.6. The number of piperidine rings is 1. The highest BCUT2D eigenvalue weighted by Gasteiger charge is 2.29. The van der Waals surface area contributed by atoms with E-state index in [0.29, 0.717) is 18.7 Å². The molecule has 4 heterocycles. The number of likely N-dealkylation sites (tertiary alicyclic amines) is 1. The van der Waals surface area contributed by atoms with Crippen LogP contribution in [0.15, 0.2) is 53.0 Å². The largest absolute Gasteiger partial charge is 0.444 e. The Bertz CT molecular complexity index is 1390. The van der Waals surface area contributed by atoms with Crippen molar-refractivity contribution in [1.82, 2.24) is 24.8 Å². The molecule has 0 radical (unpaired) electrons. The molecule has 1 unspecified atom stereocenters. The Hall–Kier alpha value is -3.75. The number of allylic oxidation sites excluding steroid dienone is 3. The average molecular weight is 477 g/mol. The molecule has 1 saturated heterocycles. The van der Waals surface area contributed by atoms with Crippen molar-refractivity contribution in [3.63, 3.8) is 0 Å². The van der Waals surface area contributed by atoms with Gasteiger partial charge in [0.1, 0.15) is 17.4 Å². The van der Waals surface area contributed by atoms with Crippen molar-refractivity contribution in [3.05, 3.63) is 64.2 Å². The maximum absolute atomic E-state index is 12.7. The molecule has 1 amide bonds. The van der Waals surface area contributed by atoms with Crippen LogP contribution in [0.5, 0.6) is 0 Å². The van der Waals surface area contributed by atoms with E-state index >= 15 is 0 Å². The fourth-order valence-electron chi connectivity index (χ4n) is 4.79. The van der Waals surface area contributed by atoms with Gasteiger partial charge in [0.15, 0.2) is 0 Å². The molecule has 2 aromatic heterocycles. The summed E-state index contributed by atoms with van der Waals surface area (Å²) in [6.07, 6.45) is 7.21. The Morgan fingerprint density at radius 2 is 2.00 bits per heavy atom. The number of nitrogens with one attached hydrogen (secondary N) is 3. The molecule has 1 fully saturated rings. The van der Waals surface area contributed by atoms with Gasteiger partial charge in [-0.15, -0.1) is 0 Å². The van der Waals surface area contributed by atoms with Crippen LogP contribution in [0.1, 0.15) is 52.1 Å².